The molecule has 0 heterocycles. The van der Waals surface area contributed by atoms with Crippen LogP contribution in [0.1, 0.15) is 28.4 Å². The van der Waals surface area contributed by atoms with E-state index >= 15 is 0 Å². The summed E-state index contributed by atoms with van der Waals surface area (Å²) in [7, 11) is 1.69. The lowest BCUT2D eigenvalue weighted by atomic mass is 10.1. The number of halogens is 1. The van der Waals surface area contributed by atoms with Gasteiger partial charge in [-0.05, 0) is 42.7 Å². The maximum absolute atomic E-state index is 13.6. The van der Waals surface area contributed by atoms with Crippen LogP contribution < -0.4 is 16.0 Å². The molecule has 0 aliphatic rings. The lowest BCUT2D eigenvalue weighted by molar-refractivity contribution is 0.0956. The Hall–Kier alpha value is -2.89. The number of benzene rings is 2. The number of nitrogens with zero attached hydrogens (tertiary/aromatic N) is 1. The Morgan fingerprint density at radius 1 is 1.04 bits per heavy atom. The molecule has 3 N–H and O–H groups in total. The van der Waals surface area contributed by atoms with E-state index in [1.807, 2.05) is 25.1 Å². The van der Waals surface area contributed by atoms with E-state index in [1.54, 1.807) is 31.3 Å². The molecule has 2 rings (SSSR count). The Morgan fingerprint density at radius 2 is 1.77 bits per heavy atom. The minimum atomic E-state index is -0.190. The van der Waals surface area contributed by atoms with E-state index in [1.165, 1.54) is 6.07 Å². The van der Waals surface area contributed by atoms with Crippen molar-refractivity contribution in [2.24, 2.45) is 4.99 Å². The average molecular weight is 356 g/mol. The molecule has 2 aromatic rings. The van der Waals surface area contributed by atoms with Crippen molar-refractivity contribution in [1.82, 2.24) is 16.0 Å². The molecular weight excluding hydrogens is 331 g/mol. The molecule has 26 heavy (non-hydrogen) atoms. The largest absolute Gasteiger partial charge is 0.356 e. The number of carbonyl (C=O) groups excluding carboxylic acids is 1. The zero-order valence-corrected chi connectivity index (χ0v) is 15.2. The van der Waals surface area contributed by atoms with Crippen molar-refractivity contribution in [3.63, 3.8) is 0 Å². The molecule has 138 valence electrons. The molecule has 0 saturated carbocycles. The number of nitrogens with one attached hydrogen (secondary N) is 3. The molecule has 0 atom stereocenters. The van der Waals surface area contributed by atoms with Gasteiger partial charge in [0, 0.05) is 32.2 Å². The fourth-order valence-corrected chi connectivity index (χ4v) is 2.46. The van der Waals surface area contributed by atoms with Gasteiger partial charge in [-0.2, -0.15) is 0 Å². The molecule has 0 spiro atoms. The third-order valence-electron chi connectivity index (χ3n) is 3.88. The van der Waals surface area contributed by atoms with Crippen molar-refractivity contribution < 1.29 is 9.18 Å². The summed E-state index contributed by atoms with van der Waals surface area (Å²) in [6.45, 7) is 3.66. The Morgan fingerprint density at radius 3 is 2.42 bits per heavy atom. The van der Waals surface area contributed by atoms with Gasteiger partial charge >= 0.3 is 0 Å². The van der Waals surface area contributed by atoms with Crippen molar-refractivity contribution in [2.45, 2.75) is 19.9 Å². The van der Waals surface area contributed by atoms with Crippen LogP contribution in [-0.4, -0.2) is 32.0 Å². The Kier molecular flexibility index (Phi) is 7.61. The van der Waals surface area contributed by atoms with Crippen LogP contribution >= 0.6 is 0 Å². The van der Waals surface area contributed by atoms with Crippen LogP contribution in [-0.2, 0) is 13.0 Å². The number of amides is 1. The summed E-state index contributed by atoms with van der Waals surface area (Å²) >= 11 is 0. The molecule has 0 unspecified atom stereocenters. The number of hydrogen-bond donors (Lipinski definition) is 3. The zero-order chi connectivity index (χ0) is 18.8. The predicted molar refractivity (Wildman–Crippen MR) is 103 cm³/mol. The normalized spacial score (nSPS) is 11.1. The molecule has 0 aliphatic carbocycles. The zero-order valence-electron chi connectivity index (χ0n) is 15.2. The summed E-state index contributed by atoms with van der Waals surface area (Å²) < 4.78 is 13.6. The van der Waals surface area contributed by atoms with Crippen molar-refractivity contribution >= 4 is 11.9 Å². The van der Waals surface area contributed by atoms with Gasteiger partial charge in [0.2, 0.25) is 0 Å². The lowest BCUT2D eigenvalue weighted by Gasteiger charge is -2.12. The van der Waals surface area contributed by atoms with Gasteiger partial charge in [0.05, 0.1) is 0 Å². The van der Waals surface area contributed by atoms with E-state index in [0.29, 0.717) is 43.1 Å². The summed E-state index contributed by atoms with van der Waals surface area (Å²) in [6, 6.07) is 14.2. The lowest BCUT2D eigenvalue weighted by Crippen LogP contribution is -2.37. The highest BCUT2D eigenvalue weighted by Crippen LogP contribution is 2.06. The second kappa shape index (κ2) is 10.2. The van der Waals surface area contributed by atoms with Crippen LogP contribution in [0.3, 0.4) is 0 Å². The minimum absolute atomic E-state index is 0.0716. The van der Waals surface area contributed by atoms with Gasteiger partial charge in [0.25, 0.3) is 5.91 Å². The van der Waals surface area contributed by atoms with Gasteiger partial charge in [-0.1, -0.05) is 30.3 Å². The third-order valence-corrected chi connectivity index (χ3v) is 3.88. The van der Waals surface area contributed by atoms with Crippen LogP contribution in [0, 0.1) is 5.82 Å². The first-order valence-electron chi connectivity index (χ1n) is 8.69. The summed E-state index contributed by atoms with van der Waals surface area (Å²) in [5, 5.41) is 9.15. The molecule has 0 aromatic heterocycles. The van der Waals surface area contributed by atoms with Gasteiger partial charge in [0.15, 0.2) is 5.96 Å². The van der Waals surface area contributed by atoms with Crippen molar-refractivity contribution in [3.05, 3.63) is 71.0 Å². The fourth-order valence-electron chi connectivity index (χ4n) is 2.46. The highest BCUT2D eigenvalue weighted by molar-refractivity contribution is 5.94. The summed E-state index contributed by atoms with van der Waals surface area (Å²) in [5.74, 6) is 0.385. The summed E-state index contributed by atoms with van der Waals surface area (Å²) in [4.78, 5) is 15.9. The molecular formula is C20H25FN4O. The Balaban J connectivity index is 1.79. The van der Waals surface area contributed by atoms with Crippen LogP contribution in [0.4, 0.5) is 4.39 Å². The number of rotatable bonds is 7. The predicted octanol–water partition coefficient (Wildman–Crippen LogP) is 2.48. The highest BCUT2D eigenvalue weighted by Gasteiger charge is 2.05. The van der Waals surface area contributed by atoms with Gasteiger partial charge in [0.1, 0.15) is 5.82 Å². The van der Waals surface area contributed by atoms with Gasteiger partial charge in [-0.3, -0.25) is 9.79 Å². The van der Waals surface area contributed by atoms with Crippen LogP contribution in [0.25, 0.3) is 0 Å². The summed E-state index contributed by atoms with van der Waals surface area (Å²) in [5.41, 5.74) is 2.36. The van der Waals surface area contributed by atoms with Crippen LogP contribution in [0.2, 0.25) is 0 Å². The van der Waals surface area contributed by atoms with Gasteiger partial charge in [-0.15, -0.1) is 0 Å². The first-order valence-corrected chi connectivity index (χ1v) is 8.69. The van der Waals surface area contributed by atoms with E-state index in [2.05, 4.69) is 20.9 Å². The molecule has 0 saturated heterocycles. The van der Waals surface area contributed by atoms with Crippen LogP contribution in [0.5, 0.6) is 0 Å². The van der Waals surface area contributed by atoms with E-state index in [9.17, 15) is 9.18 Å². The molecule has 0 radical (unpaired) electrons. The maximum atomic E-state index is 13.6. The topological polar surface area (TPSA) is 65.5 Å². The molecule has 0 bridgehead atoms. The fraction of sp³-hybridized carbons (Fsp3) is 0.300. The van der Waals surface area contributed by atoms with E-state index in [0.717, 1.165) is 5.56 Å². The van der Waals surface area contributed by atoms with Crippen molar-refractivity contribution in [3.8, 4) is 0 Å². The second-order valence-corrected chi connectivity index (χ2v) is 5.75. The molecule has 2 aromatic carbocycles. The number of carbonyl (C=O) groups is 1. The minimum Gasteiger partial charge on any atom is -0.356 e. The van der Waals surface area contributed by atoms with E-state index in [-0.39, 0.29) is 11.7 Å². The van der Waals surface area contributed by atoms with E-state index < -0.39 is 0 Å². The van der Waals surface area contributed by atoms with Gasteiger partial charge in [-0.25, -0.2) is 4.39 Å². The SMILES string of the molecule is CCNC(=O)c1ccc(CNC(=NC)NCCc2ccccc2F)cc1. The smallest absolute Gasteiger partial charge is 0.251 e. The summed E-state index contributed by atoms with van der Waals surface area (Å²) in [6.07, 6.45) is 0.578. The molecule has 0 fully saturated rings. The first kappa shape index (κ1) is 19.4. The van der Waals surface area contributed by atoms with Gasteiger partial charge < -0.3 is 16.0 Å². The average Bonchev–Trinajstić information content (AvgIpc) is 2.66. The maximum Gasteiger partial charge on any atom is 0.251 e. The quantitative estimate of drug-likeness (QED) is 0.527. The monoisotopic (exact) mass is 356 g/mol. The van der Waals surface area contributed by atoms with E-state index in [4.69, 9.17) is 0 Å². The highest BCUT2D eigenvalue weighted by atomic mass is 19.1. The van der Waals surface area contributed by atoms with Crippen molar-refractivity contribution in [2.75, 3.05) is 20.1 Å². The molecule has 6 heteroatoms. The molecule has 5 nitrogen and oxygen atoms in total. The number of aliphatic imine (C=N–C) groups is 1. The second-order valence-electron chi connectivity index (χ2n) is 5.75. The third kappa shape index (κ3) is 5.88. The molecule has 1 amide bonds. The van der Waals surface area contributed by atoms with Crippen LogP contribution in [0.15, 0.2) is 53.5 Å². The molecule has 0 aliphatic heterocycles. The standard InChI is InChI=1S/C20H25FN4O/c1-3-23-19(26)17-10-8-15(9-11-17)14-25-20(22-2)24-13-12-16-6-4-5-7-18(16)21/h4-11H,3,12-14H2,1-2H3,(H,23,26)(H2,22,24,25). The Labute approximate surface area is 153 Å². The van der Waals surface area contributed by atoms with Crippen molar-refractivity contribution in [1.29, 1.82) is 0 Å². The number of guanidine groups is 1. The first-order chi connectivity index (χ1) is 12.6. The number of hydrogen-bond acceptors (Lipinski definition) is 2. The Bertz CT molecular complexity index is 744.